The highest BCUT2D eigenvalue weighted by Gasteiger charge is 2.21. The van der Waals surface area contributed by atoms with Crippen LogP contribution in [0.25, 0.3) is 22.3 Å². The van der Waals surface area contributed by atoms with E-state index in [4.69, 9.17) is 4.42 Å². The fraction of sp³-hybridized carbons (Fsp3) is 0.263. The van der Waals surface area contributed by atoms with Gasteiger partial charge in [-0.25, -0.2) is 0 Å². The molecule has 0 saturated carbocycles. The summed E-state index contributed by atoms with van der Waals surface area (Å²) in [4.78, 5) is 0. The number of nitrogens with one attached hydrogen (secondary N) is 1. The van der Waals surface area contributed by atoms with E-state index in [-0.39, 0.29) is 0 Å². The van der Waals surface area contributed by atoms with Crippen LogP contribution in [-0.2, 0) is 6.42 Å². The van der Waals surface area contributed by atoms with Gasteiger partial charge in [-0.15, -0.1) is 0 Å². The summed E-state index contributed by atoms with van der Waals surface area (Å²) >= 11 is 0. The van der Waals surface area contributed by atoms with Gasteiger partial charge in [0, 0.05) is 17.0 Å². The minimum absolute atomic E-state index is 0.506. The Morgan fingerprint density at radius 3 is 2.86 bits per heavy atom. The fourth-order valence-electron chi connectivity index (χ4n) is 3.42. The predicted molar refractivity (Wildman–Crippen MR) is 86.5 cm³/mol. The average molecular weight is 277 g/mol. The second-order valence-electron chi connectivity index (χ2n) is 5.90. The van der Waals surface area contributed by atoms with Crippen LogP contribution in [0.15, 0.2) is 46.9 Å². The molecule has 0 spiro atoms. The molecule has 2 heteroatoms. The zero-order chi connectivity index (χ0) is 14.4. The molecular formula is C19H19NO. The van der Waals surface area contributed by atoms with Crippen LogP contribution in [0.4, 0.5) is 0 Å². The van der Waals surface area contributed by atoms with Gasteiger partial charge in [-0.3, -0.25) is 0 Å². The van der Waals surface area contributed by atoms with Crippen molar-refractivity contribution < 1.29 is 4.42 Å². The molecule has 1 unspecified atom stereocenters. The van der Waals surface area contributed by atoms with E-state index in [9.17, 15) is 0 Å². The monoisotopic (exact) mass is 277 g/mol. The van der Waals surface area contributed by atoms with Gasteiger partial charge in [0.05, 0.1) is 0 Å². The molecule has 0 amide bonds. The standard InChI is InChI=1S/C19H19NO/c1-12-4-3-5-15-11-18(21-19(12)15)14-6-8-16-13(10-14)7-9-17(16)20-2/h3-6,8,10-11,17,20H,7,9H2,1-2H3. The lowest BCUT2D eigenvalue weighted by Crippen LogP contribution is -2.12. The largest absolute Gasteiger partial charge is 0.456 e. The summed E-state index contributed by atoms with van der Waals surface area (Å²) in [6.45, 7) is 2.09. The van der Waals surface area contributed by atoms with E-state index in [1.165, 1.54) is 34.1 Å². The smallest absolute Gasteiger partial charge is 0.137 e. The molecule has 0 saturated heterocycles. The Labute approximate surface area is 124 Å². The van der Waals surface area contributed by atoms with Crippen molar-refractivity contribution >= 4 is 11.0 Å². The highest BCUT2D eigenvalue weighted by Crippen LogP contribution is 2.36. The third-order valence-corrected chi connectivity index (χ3v) is 4.59. The summed E-state index contributed by atoms with van der Waals surface area (Å²) in [5.41, 5.74) is 6.26. The summed E-state index contributed by atoms with van der Waals surface area (Å²) in [7, 11) is 2.04. The Bertz CT molecular complexity index is 816. The SMILES string of the molecule is CNC1CCc2cc(-c3cc4cccc(C)c4o3)ccc21. The number of hydrogen-bond acceptors (Lipinski definition) is 2. The molecule has 2 aromatic carbocycles. The average Bonchev–Trinajstić information content (AvgIpc) is 3.10. The Morgan fingerprint density at radius 1 is 1.14 bits per heavy atom. The minimum Gasteiger partial charge on any atom is -0.456 e. The summed E-state index contributed by atoms with van der Waals surface area (Å²) < 4.78 is 6.08. The van der Waals surface area contributed by atoms with E-state index < -0.39 is 0 Å². The zero-order valence-electron chi connectivity index (χ0n) is 12.4. The van der Waals surface area contributed by atoms with Gasteiger partial charge in [0.2, 0.25) is 0 Å². The first-order chi connectivity index (χ1) is 10.3. The summed E-state index contributed by atoms with van der Waals surface area (Å²) in [6.07, 6.45) is 2.34. The van der Waals surface area contributed by atoms with Gasteiger partial charge in [0.15, 0.2) is 0 Å². The van der Waals surface area contributed by atoms with Crippen LogP contribution in [0.5, 0.6) is 0 Å². The maximum atomic E-state index is 6.08. The molecule has 1 aliphatic rings. The fourth-order valence-corrected chi connectivity index (χ4v) is 3.42. The van der Waals surface area contributed by atoms with Gasteiger partial charge >= 0.3 is 0 Å². The van der Waals surface area contributed by atoms with Crippen molar-refractivity contribution in [3.8, 4) is 11.3 Å². The second-order valence-corrected chi connectivity index (χ2v) is 5.90. The van der Waals surface area contributed by atoms with Crippen molar-refractivity contribution in [2.45, 2.75) is 25.8 Å². The lowest BCUT2D eigenvalue weighted by atomic mass is 10.0. The van der Waals surface area contributed by atoms with Crippen LogP contribution in [0, 0.1) is 6.92 Å². The normalized spacial score (nSPS) is 17.3. The molecular weight excluding hydrogens is 258 g/mol. The molecule has 1 atom stereocenters. The van der Waals surface area contributed by atoms with Crippen LogP contribution in [0.2, 0.25) is 0 Å². The highest BCUT2D eigenvalue weighted by atomic mass is 16.3. The zero-order valence-corrected chi connectivity index (χ0v) is 12.4. The van der Waals surface area contributed by atoms with Crippen LogP contribution in [-0.4, -0.2) is 7.05 Å². The van der Waals surface area contributed by atoms with E-state index in [0.717, 1.165) is 17.8 Å². The van der Waals surface area contributed by atoms with Crippen molar-refractivity contribution in [2.75, 3.05) is 7.05 Å². The molecule has 0 aliphatic heterocycles. The first-order valence-electron chi connectivity index (χ1n) is 7.56. The minimum atomic E-state index is 0.506. The Morgan fingerprint density at radius 2 is 2.05 bits per heavy atom. The summed E-state index contributed by atoms with van der Waals surface area (Å²) in [5, 5.41) is 4.56. The van der Waals surface area contributed by atoms with Crippen LogP contribution in [0.3, 0.4) is 0 Å². The number of aryl methyl sites for hydroxylation is 2. The van der Waals surface area contributed by atoms with E-state index >= 15 is 0 Å². The van der Waals surface area contributed by atoms with Gasteiger partial charge in [0.1, 0.15) is 11.3 Å². The Kier molecular flexibility index (Phi) is 2.86. The Balaban J connectivity index is 1.81. The number of hydrogen-bond donors (Lipinski definition) is 1. The van der Waals surface area contributed by atoms with E-state index in [1.807, 2.05) is 7.05 Å². The number of benzene rings is 2. The summed E-state index contributed by atoms with van der Waals surface area (Å²) in [6, 6.07) is 15.7. The van der Waals surface area contributed by atoms with Crippen molar-refractivity contribution in [3.63, 3.8) is 0 Å². The maximum absolute atomic E-state index is 6.08. The lowest BCUT2D eigenvalue weighted by Gasteiger charge is -2.10. The van der Waals surface area contributed by atoms with Gasteiger partial charge in [-0.05, 0) is 55.6 Å². The van der Waals surface area contributed by atoms with Crippen molar-refractivity contribution in [3.05, 3.63) is 59.2 Å². The molecule has 1 N–H and O–H groups in total. The molecule has 3 aromatic rings. The van der Waals surface area contributed by atoms with E-state index in [2.05, 4.69) is 54.7 Å². The molecule has 1 heterocycles. The third-order valence-electron chi connectivity index (χ3n) is 4.59. The molecule has 106 valence electrons. The second kappa shape index (κ2) is 4.74. The predicted octanol–water partition coefficient (Wildman–Crippen LogP) is 4.61. The number of rotatable bonds is 2. The van der Waals surface area contributed by atoms with Crippen LogP contribution in [0.1, 0.15) is 29.2 Å². The number of para-hydroxylation sites is 1. The van der Waals surface area contributed by atoms with Gasteiger partial charge < -0.3 is 9.73 Å². The highest BCUT2D eigenvalue weighted by molar-refractivity contribution is 5.85. The van der Waals surface area contributed by atoms with Gasteiger partial charge in [-0.1, -0.05) is 30.3 Å². The molecule has 0 radical (unpaired) electrons. The quantitative estimate of drug-likeness (QED) is 0.739. The molecule has 2 nitrogen and oxygen atoms in total. The molecule has 0 fully saturated rings. The molecule has 1 aromatic heterocycles. The third kappa shape index (κ3) is 1.98. The first kappa shape index (κ1) is 12.7. The first-order valence-corrected chi connectivity index (χ1v) is 7.56. The molecule has 0 bridgehead atoms. The van der Waals surface area contributed by atoms with Crippen molar-refractivity contribution in [1.29, 1.82) is 0 Å². The maximum Gasteiger partial charge on any atom is 0.137 e. The molecule has 4 rings (SSSR count). The number of furan rings is 1. The lowest BCUT2D eigenvalue weighted by molar-refractivity contribution is 0.590. The van der Waals surface area contributed by atoms with Gasteiger partial charge in [0.25, 0.3) is 0 Å². The number of fused-ring (bicyclic) bond motifs is 2. The van der Waals surface area contributed by atoms with E-state index in [0.29, 0.717) is 6.04 Å². The summed E-state index contributed by atoms with van der Waals surface area (Å²) in [5.74, 6) is 0.968. The van der Waals surface area contributed by atoms with Crippen molar-refractivity contribution in [2.24, 2.45) is 0 Å². The molecule has 1 aliphatic carbocycles. The van der Waals surface area contributed by atoms with Crippen LogP contribution < -0.4 is 5.32 Å². The van der Waals surface area contributed by atoms with Crippen LogP contribution >= 0.6 is 0 Å². The van der Waals surface area contributed by atoms with Gasteiger partial charge in [-0.2, -0.15) is 0 Å². The van der Waals surface area contributed by atoms with E-state index in [1.54, 1.807) is 0 Å². The Hall–Kier alpha value is -2.06. The molecule has 21 heavy (non-hydrogen) atoms. The van der Waals surface area contributed by atoms with Crippen molar-refractivity contribution in [1.82, 2.24) is 5.32 Å². The topological polar surface area (TPSA) is 25.2 Å².